The fraction of sp³-hybridized carbons (Fsp3) is 0.350. The number of hydrogen-bond donors (Lipinski definition) is 1. The van der Waals surface area contributed by atoms with Gasteiger partial charge in [0.15, 0.2) is 23.5 Å². The van der Waals surface area contributed by atoms with Gasteiger partial charge in [0.25, 0.3) is 0 Å². The Kier molecular flexibility index (Phi) is 4.67. The normalized spacial score (nSPS) is 17.2. The van der Waals surface area contributed by atoms with E-state index in [9.17, 15) is 0 Å². The van der Waals surface area contributed by atoms with Crippen molar-refractivity contribution < 1.29 is 14.2 Å². The summed E-state index contributed by atoms with van der Waals surface area (Å²) in [6.07, 6.45) is 3.26. The molecule has 1 aliphatic rings. The van der Waals surface area contributed by atoms with Crippen molar-refractivity contribution in [2.75, 3.05) is 26.1 Å². The van der Waals surface area contributed by atoms with Gasteiger partial charge in [-0.05, 0) is 43.5 Å². The van der Waals surface area contributed by atoms with Crippen molar-refractivity contribution in [1.29, 1.82) is 0 Å². The van der Waals surface area contributed by atoms with Gasteiger partial charge in [-0.2, -0.15) is 5.10 Å². The molecule has 6 nitrogen and oxygen atoms in total. The molecule has 136 valence electrons. The van der Waals surface area contributed by atoms with Gasteiger partial charge in [0.1, 0.15) is 0 Å². The number of benzene rings is 2. The number of nitrogens with zero attached hydrogens (tertiary/aromatic N) is 2. The molecular formula is C20H23N3O3. The molecule has 0 amide bonds. The van der Waals surface area contributed by atoms with Gasteiger partial charge in [0.05, 0.1) is 19.7 Å². The van der Waals surface area contributed by atoms with Crippen LogP contribution in [0.5, 0.6) is 11.5 Å². The molecule has 1 fully saturated rings. The van der Waals surface area contributed by atoms with Crippen LogP contribution in [0.4, 0.5) is 11.5 Å². The van der Waals surface area contributed by atoms with Crippen molar-refractivity contribution in [3.8, 4) is 11.5 Å². The fourth-order valence-corrected chi connectivity index (χ4v) is 3.37. The van der Waals surface area contributed by atoms with Gasteiger partial charge in [-0.15, -0.1) is 0 Å². The number of rotatable bonds is 5. The van der Waals surface area contributed by atoms with Crippen LogP contribution in [0, 0.1) is 0 Å². The maximum atomic E-state index is 5.94. The lowest BCUT2D eigenvalue weighted by Gasteiger charge is -2.23. The predicted octanol–water partition coefficient (Wildman–Crippen LogP) is 4.50. The first-order valence-corrected chi connectivity index (χ1v) is 8.88. The molecule has 3 aromatic rings. The fourth-order valence-electron chi connectivity index (χ4n) is 3.37. The molecule has 0 saturated carbocycles. The van der Waals surface area contributed by atoms with Crippen LogP contribution in [0.1, 0.15) is 25.5 Å². The van der Waals surface area contributed by atoms with Gasteiger partial charge in [-0.1, -0.05) is 12.1 Å². The largest absolute Gasteiger partial charge is 0.493 e. The smallest absolute Gasteiger partial charge is 0.162 e. The van der Waals surface area contributed by atoms with Gasteiger partial charge >= 0.3 is 0 Å². The number of fused-ring (bicyclic) bond motifs is 1. The van der Waals surface area contributed by atoms with Gasteiger partial charge in [0.2, 0.25) is 0 Å². The summed E-state index contributed by atoms with van der Waals surface area (Å²) >= 11 is 0. The minimum Gasteiger partial charge on any atom is -0.493 e. The SMILES string of the molecule is COc1ccc(Nc2nn(C3CCCCO3)c3ccccc23)cc1OC. The van der Waals surface area contributed by atoms with Crippen LogP contribution in [-0.2, 0) is 4.74 Å². The van der Waals surface area contributed by atoms with E-state index in [-0.39, 0.29) is 6.23 Å². The van der Waals surface area contributed by atoms with E-state index in [0.29, 0.717) is 11.5 Å². The van der Waals surface area contributed by atoms with Crippen LogP contribution in [-0.4, -0.2) is 30.6 Å². The molecule has 6 heteroatoms. The lowest BCUT2D eigenvalue weighted by Crippen LogP contribution is -2.19. The Balaban J connectivity index is 1.70. The highest BCUT2D eigenvalue weighted by Crippen LogP contribution is 2.34. The van der Waals surface area contributed by atoms with Crippen molar-refractivity contribution >= 4 is 22.4 Å². The van der Waals surface area contributed by atoms with E-state index in [1.165, 1.54) is 0 Å². The Labute approximate surface area is 152 Å². The van der Waals surface area contributed by atoms with E-state index < -0.39 is 0 Å². The minimum atomic E-state index is -0.00500. The Hall–Kier alpha value is -2.73. The zero-order valence-corrected chi connectivity index (χ0v) is 15.1. The van der Waals surface area contributed by atoms with Crippen molar-refractivity contribution in [2.24, 2.45) is 0 Å². The second kappa shape index (κ2) is 7.25. The number of para-hydroxylation sites is 1. The first kappa shape index (κ1) is 16.7. The number of ether oxygens (including phenoxy) is 3. The van der Waals surface area contributed by atoms with Gasteiger partial charge in [-0.25, -0.2) is 4.68 Å². The van der Waals surface area contributed by atoms with E-state index in [1.807, 2.05) is 35.0 Å². The average Bonchev–Trinajstić information content (AvgIpc) is 3.07. The van der Waals surface area contributed by atoms with E-state index in [0.717, 1.165) is 48.3 Å². The summed E-state index contributed by atoms with van der Waals surface area (Å²) < 4.78 is 18.6. The molecule has 1 N–H and O–H groups in total. The quantitative estimate of drug-likeness (QED) is 0.732. The maximum absolute atomic E-state index is 5.94. The highest BCUT2D eigenvalue weighted by atomic mass is 16.5. The molecule has 1 atom stereocenters. The van der Waals surface area contributed by atoms with Crippen LogP contribution in [0.3, 0.4) is 0 Å². The second-order valence-electron chi connectivity index (χ2n) is 6.33. The number of nitrogens with one attached hydrogen (secondary N) is 1. The molecule has 2 heterocycles. The van der Waals surface area contributed by atoms with Crippen LogP contribution in [0.2, 0.25) is 0 Å². The van der Waals surface area contributed by atoms with E-state index >= 15 is 0 Å². The molecule has 0 radical (unpaired) electrons. The molecule has 26 heavy (non-hydrogen) atoms. The Morgan fingerprint density at radius 3 is 2.69 bits per heavy atom. The molecule has 4 rings (SSSR count). The summed E-state index contributed by atoms with van der Waals surface area (Å²) in [5, 5.41) is 9.29. The summed E-state index contributed by atoms with van der Waals surface area (Å²) in [6.45, 7) is 0.789. The highest BCUT2D eigenvalue weighted by Gasteiger charge is 2.21. The molecule has 1 aliphatic heterocycles. The molecule has 1 unspecified atom stereocenters. The Morgan fingerprint density at radius 2 is 1.92 bits per heavy atom. The van der Waals surface area contributed by atoms with Crippen molar-refractivity contribution in [1.82, 2.24) is 9.78 Å². The predicted molar refractivity (Wildman–Crippen MR) is 101 cm³/mol. The highest BCUT2D eigenvalue weighted by molar-refractivity contribution is 5.92. The van der Waals surface area contributed by atoms with Crippen LogP contribution < -0.4 is 14.8 Å². The first-order chi connectivity index (χ1) is 12.8. The van der Waals surface area contributed by atoms with Crippen molar-refractivity contribution in [2.45, 2.75) is 25.5 Å². The standard InChI is InChI=1S/C20H23N3O3/c1-24-17-11-10-14(13-18(17)25-2)21-20-15-7-3-4-8-16(15)23(22-20)19-9-5-6-12-26-19/h3-4,7-8,10-11,13,19H,5-6,9,12H2,1-2H3,(H,21,22). The summed E-state index contributed by atoms with van der Waals surface area (Å²) in [5.74, 6) is 2.18. The van der Waals surface area contributed by atoms with Crippen LogP contribution in [0.25, 0.3) is 10.9 Å². The molecule has 0 bridgehead atoms. The topological polar surface area (TPSA) is 57.5 Å². The maximum Gasteiger partial charge on any atom is 0.162 e. The van der Waals surface area contributed by atoms with Gasteiger partial charge < -0.3 is 19.5 Å². The molecule has 0 spiro atoms. The lowest BCUT2D eigenvalue weighted by molar-refractivity contribution is -0.0365. The third-order valence-corrected chi connectivity index (χ3v) is 4.69. The lowest BCUT2D eigenvalue weighted by atomic mass is 10.2. The zero-order chi connectivity index (χ0) is 17.9. The number of hydrogen-bond acceptors (Lipinski definition) is 5. The average molecular weight is 353 g/mol. The number of aromatic nitrogens is 2. The van der Waals surface area contributed by atoms with Gasteiger partial charge in [0, 0.05) is 23.7 Å². The Bertz CT molecular complexity index is 900. The van der Waals surface area contributed by atoms with Gasteiger partial charge in [-0.3, -0.25) is 0 Å². The monoisotopic (exact) mass is 353 g/mol. The summed E-state index contributed by atoms with van der Waals surface area (Å²) in [4.78, 5) is 0. The first-order valence-electron chi connectivity index (χ1n) is 8.88. The second-order valence-corrected chi connectivity index (χ2v) is 6.33. The summed E-state index contributed by atoms with van der Waals surface area (Å²) in [7, 11) is 3.26. The summed E-state index contributed by atoms with van der Waals surface area (Å²) in [6, 6.07) is 13.9. The molecular weight excluding hydrogens is 330 g/mol. The number of anilines is 2. The summed E-state index contributed by atoms with van der Waals surface area (Å²) in [5.41, 5.74) is 1.96. The molecule has 1 aromatic heterocycles. The van der Waals surface area contributed by atoms with E-state index in [1.54, 1.807) is 14.2 Å². The third-order valence-electron chi connectivity index (χ3n) is 4.69. The van der Waals surface area contributed by atoms with Crippen molar-refractivity contribution in [3.05, 3.63) is 42.5 Å². The third kappa shape index (κ3) is 3.08. The number of methoxy groups -OCH3 is 2. The van der Waals surface area contributed by atoms with E-state index in [4.69, 9.17) is 19.3 Å². The molecule has 1 saturated heterocycles. The molecule has 0 aliphatic carbocycles. The van der Waals surface area contributed by atoms with Crippen molar-refractivity contribution in [3.63, 3.8) is 0 Å². The Morgan fingerprint density at radius 1 is 1.08 bits per heavy atom. The van der Waals surface area contributed by atoms with Crippen LogP contribution >= 0.6 is 0 Å². The molecule has 2 aromatic carbocycles. The minimum absolute atomic E-state index is 0.00500. The zero-order valence-electron chi connectivity index (χ0n) is 15.1. The van der Waals surface area contributed by atoms with Crippen LogP contribution in [0.15, 0.2) is 42.5 Å². The van der Waals surface area contributed by atoms with E-state index in [2.05, 4.69) is 17.4 Å².